The van der Waals surface area contributed by atoms with E-state index in [0.29, 0.717) is 28.8 Å². The molecule has 0 radical (unpaired) electrons. The summed E-state index contributed by atoms with van der Waals surface area (Å²) in [5, 5.41) is 8.84. The second kappa shape index (κ2) is 11.9. The third-order valence-electron chi connectivity index (χ3n) is 7.58. The predicted molar refractivity (Wildman–Crippen MR) is 169 cm³/mol. The lowest BCUT2D eigenvalue weighted by Crippen LogP contribution is -2.21. The lowest BCUT2D eigenvalue weighted by Gasteiger charge is -2.14. The van der Waals surface area contributed by atoms with E-state index in [0.717, 1.165) is 9.42 Å². The number of benzene rings is 2. The molecule has 0 aliphatic rings. The third kappa shape index (κ3) is 5.67. The number of carbonyl (C=O) groups is 2. The van der Waals surface area contributed by atoms with Crippen molar-refractivity contribution in [2.24, 2.45) is 14.1 Å². The molecule has 0 atom stereocenters. The number of amides is 2. The lowest BCUT2D eigenvalue weighted by atomic mass is 10.1. The fourth-order valence-electron chi connectivity index (χ4n) is 5.44. The van der Waals surface area contributed by atoms with Crippen LogP contribution in [0.3, 0.4) is 0 Å². The second-order valence-electron chi connectivity index (χ2n) is 10.8. The van der Waals surface area contributed by atoms with Crippen molar-refractivity contribution in [3.8, 4) is 16.8 Å². The first-order valence-electron chi connectivity index (χ1n) is 14.5. The first-order valence-corrected chi connectivity index (χ1v) is 14.5. The highest BCUT2D eigenvalue weighted by Crippen LogP contribution is 2.32. The molecule has 0 bridgehead atoms. The highest BCUT2D eigenvalue weighted by molar-refractivity contribution is 6.11. The second-order valence-corrected chi connectivity index (χ2v) is 10.8. The summed E-state index contributed by atoms with van der Waals surface area (Å²) in [4.78, 5) is 56.4. The Hall–Kier alpha value is -6.19. The number of hydrogen-bond donors (Lipinski definition) is 2. The van der Waals surface area contributed by atoms with Gasteiger partial charge in [-0.2, -0.15) is 23.0 Å². The molecular weight excluding hydrogens is 633 g/mol. The Balaban J connectivity index is 1.41. The Labute approximate surface area is 268 Å². The molecule has 0 aliphatic carbocycles. The quantitative estimate of drug-likeness (QED) is 0.251. The molecular formula is C32H27F3N8O5. The monoisotopic (exact) mass is 660 g/mol. The molecule has 6 aromatic rings. The van der Waals surface area contributed by atoms with Crippen molar-refractivity contribution >= 4 is 34.2 Å². The molecule has 246 valence electrons. The van der Waals surface area contributed by atoms with E-state index >= 15 is 0 Å². The van der Waals surface area contributed by atoms with Gasteiger partial charge in [-0.15, -0.1) is 0 Å². The molecule has 6 rings (SSSR count). The van der Waals surface area contributed by atoms with Crippen molar-refractivity contribution in [1.82, 2.24) is 28.9 Å². The number of pyridine rings is 1. The molecule has 2 aromatic carbocycles. The molecule has 0 aliphatic heterocycles. The maximum Gasteiger partial charge on any atom is 0.433 e. The van der Waals surface area contributed by atoms with E-state index < -0.39 is 34.9 Å². The van der Waals surface area contributed by atoms with Crippen molar-refractivity contribution in [3.63, 3.8) is 0 Å². The van der Waals surface area contributed by atoms with Crippen LogP contribution < -0.4 is 21.8 Å². The van der Waals surface area contributed by atoms with Gasteiger partial charge in [0.05, 0.1) is 16.6 Å². The molecule has 0 spiro atoms. The van der Waals surface area contributed by atoms with Crippen LogP contribution in [0.2, 0.25) is 0 Å². The van der Waals surface area contributed by atoms with Gasteiger partial charge in [-0.05, 0) is 55.8 Å². The largest absolute Gasteiger partial charge is 0.433 e. The van der Waals surface area contributed by atoms with Crippen LogP contribution in [0.4, 0.5) is 24.7 Å². The maximum atomic E-state index is 14.0. The average Bonchev–Trinajstić information content (AvgIpc) is 3.67. The van der Waals surface area contributed by atoms with E-state index in [4.69, 9.17) is 4.52 Å². The first-order chi connectivity index (χ1) is 22.8. The van der Waals surface area contributed by atoms with Crippen LogP contribution in [0.1, 0.15) is 39.2 Å². The van der Waals surface area contributed by atoms with Crippen molar-refractivity contribution in [2.45, 2.75) is 26.6 Å². The Bertz CT molecular complexity index is 2340. The van der Waals surface area contributed by atoms with Crippen molar-refractivity contribution in [2.75, 3.05) is 10.6 Å². The minimum absolute atomic E-state index is 0.0678. The van der Waals surface area contributed by atoms with Crippen LogP contribution in [0.5, 0.6) is 0 Å². The number of hydrogen-bond acceptors (Lipinski definition) is 7. The summed E-state index contributed by atoms with van der Waals surface area (Å²) in [5.41, 5.74) is -2.03. The standard InChI is InChI=1S/C32H27F3N8O5/c1-5-42-27-22(30(46)43(42)21-11-9-18(10-12-21)25-17(2)48-41(4)31(25)47)16-23(32(33,34)35)37-26(27)29(45)36-20-8-6-7-19(15-20)28(44)38-24-13-14-40(3)39-24/h6-16H,5H2,1-4H3,(H,36,45)(H,38,39,44). The zero-order chi connectivity index (χ0) is 34.5. The van der Waals surface area contributed by atoms with Crippen LogP contribution in [0.15, 0.2) is 81.0 Å². The fourth-order valence-corrected chi connectivity index (χ4v) is 5.44. The minimum Gasteiger partial charge on any atom is -0.381 e. The van der Waals surface area contributed by atoms with E-state index in [-0.39, 0.29) is 39.9 Å². The normalized spacial score (nSPS) is 11.6. The highest BCUT2D eigenvalue weighted by atomic mass is 19.4. The van der Waals surface area contributed by atoms with Gasteiger partial charge in [0.1, 0.15) is 17.0 Å². The smallest absolute Gasteiger partial charge is 0.381 e. The summed E-state index contributed by atoms with van der Waals surface area (Å²) in [6.45, 7) is 3.36. The van der Waals surface area contributed by atoms with Crippen molar-refractivity contribution in [3.05, 3.63) is 110 Å². The van der Waals surface area contributed by atoms with Crippen LogP contribution in [0, 0.1) is 6.92 Å². The predicted octanol–water partition coefficient (Wildman–Crippen LogP) is 4.73. The number of nitrogens with zero attached hydrogens (tertiary/aromatic N) is 6. The van der Waals surface area contributed by atoms with Gasteiger partial charge in [-0.25, -0.2) is 9.67 Å². The molecule has 4 aromatic heterocycles. The van der Waals surface area contributed by atoms with E-state index in [9.17, 15) is 32.3 Å². The summed E-state index contributed by atoms with van der Waals surface area (Å²) in [7, 11) is 3.15. The molecule has 48 heavy (non-hydrogen) atoms. The summed E-state index contributed by atoms with van der Waals surface area (Å²) in [6, 6.07) is 14.2. The fraction of sp³-hybridized carbons (Fsp3) is 0.188. The van der Waals surface area contributed by atoms with Gasteiger partial charge in [-0.3, -0.25) is 28.5 Å². The van der Waals surface area contributed by atoms with Gasteiger partial charge < -0.3 is 15.2 Å². The van der Waals surface area contributed by atoms with Crippen molar-refractivity contribution < 1.29 is 27.3 Å². The Kier molecular flexibility index (Phi) is 7.86. The lowest BCUT2D eigenvalue weighted by molar-refractivity contribution is -0.141. The highest BCUT2D eigenvalue weighted by Gasteiger charge is 2.36. The molecule has 2 amide bonds. The zero-order valence-corrected chi connectivity index (χ0v) is 25.9. The van der Waals surface area contributed by atoms with E-state index in [1.165, 1.54) is 52.8 Å². The average molecular weight is 661 g/mol. The van der Waals surface area contributed by atoms with Gasteiger partial charge in [0.25, 0.3) is 22.9 Å². The molecule has 0 fully saturated rings. The number of aromatic nitrogens is 6. The zero-order valence-electron chi connectivity index (χ0n) is 25.9. The van der Waals surface area contributed by atoms with Crippen LogP contribution in [0.25, 0.3) is 27.7 Å². The number of halogens is 3. The van der Waals surface area contributed by atoms with Crippen LogP contribution in [-0.4, -0.2) is 40.7 Å². The molecule has 0 saturated heterocycles. The van der Waals surface area contributed by atoms with Gasteiger partial charge in [0, 0.05) is 44.2 Å². The van der Waals surface area contributed by atoms with Gasteiger partial charge in [0.15, 0.2) is 11.5 Å². The van der Waals surface area contributed by atoms with Crippen LogP contribution >= 0.6 is 0 Å². The minimum atomic E-state index is -4.98. The molecule has 0 saturated carbocycles. The molecule has 13 nitrogen and oxygen atoms in total. The number of alkyl halides is 3. The summed E-state index contributed by atoms with van der Waals surface area (Å²) < 4.78 is 52.5. The van der Waals surface area contributed by atoms with Crippen LogP contribution in [-0.2, 0) is 26.8 Å². The summed E-state index contributed by atoms with van der Waals surface area (Å²) in [5.74, 6) is -0.883. The summed E-state index contributed by atoms with van der Waals surface area (Å²) >= 11 is 0. The number of aryl methyl sites for hydroxylation is 4. The maximum absolute atomic E-state index is 14.0. The number of fused-ring (bicyclic) bond motifs is 1. The van der Waals surface area contributed by atoms with E-state index in [1.807, 2.05) is 0 Å². The SMILES string of the molecule is CCn1c2c(C(=O)Nc3cccc(C(=O)Nc4ccn(C)n4)c3)nc(C(F)(F)F)cc2c(=O)n1-c1ccc(-c2c(C)on(C)c2=O)cc1. The summed E-state index contributed by atoms with van der Waals surface area (Å²) in [6.07, 6.45) is -3.34. The number of anilines is 2. The van der Waals surface area contributed by atoms with E-state index in [2.05, 4.69) is 20.7 Å². The Morgan fingerprint density at radius 3 is 2.27 bits per heavy atom. The molecule has 16 heteroatoms. The topological polar surface area (TPSA) is 151 Å². The van der Waals surface area contributed by atoms with Gasteiger partial charge >= 0.3 is 6.18 Å². The Morgan fingerprint density at radius 1 is 0.938 bits per heavy atom. The first kappa shape index (κ1) is 31.8. The van der Waals surface area contributed by atoms with E-state index in [1.54, 1.807) is 45.3 Å². The number of carbonyl (C=O) groups excluding carboxylic acids is 2. The van der Waals surface area contributed by atoms with Gasteiger partial charge in [-0.1, -0.05) is 18.2 Å². The van der Waals surface area contributed by atoms with Crippen molar-refractivity contribution in [1.29, 1.82) is 0 Å². The molecule has 0 unspecified atom stereocenters. The number of rotatable bonds is 7. The van der Waals surface area contributed by atoms with Gasteiger partial charge in [0.2, 0.25) is 0 Å². The number of nitrogens with one attached hydrogen (secondary N) is 2. The third-order valence-corrected chi connectivity index (χ3v) is 7.58. The Morgan fingerprint density at radius 2 is 1.67 bits per heavy atom. The molecule has 2 N–H and O–H groups in total. The molecule has 4 heterocycles.